The first-order valence-corrected chi connectivity index (χ1v) is 13.7. The lowest BCUT2D eigenvalue weighted by Gasteiger charge is -2.40. The molecule has 1 N–H and O–H groups in total. The molecule has 1 fully saturated rings. The summed E-state index contributed by atoms with van der Waals surface area (Å²) in [4.78, 5) is 40.7. The minimum atomic E-state index is -4.90. The van der Waals surface area contributed by atoms with E-state index in [0.717, 1.165) is 30.3 Å². The zero-order valence-electron chi connectivity index (χ0n) is 23.8. The molecule has 240 valence electrons. The van der Waals surface area contributed by atoms with E-state index in [9.17, 15) is 40.7 Å². The molecule has 8 nitrogen and oxygen atoms in total. The van der Waals surface area contributed by atoms with Crippen LogP contribution in [0.4, 0.5) is 32.0 Å². The van der Waals surface area contributed by atoms with Crippen molar-refractivity contribution in [3.05, 3.63) is 76.3 Å². The Morgan fingerprint density at radius 1 is 1.00 bits per heavy atom. The first-order valence-electron chi connectivity index (χ1n) is 13.4. The quantitative estimate of drug-likeness (QED) is 0.219. The second-order valence-corrected chi connectivity index (χ2v) is 10.6. The standard InChI is InChI=1S/C30H26ClF6N3O5/c1-17-9-20(11-21(10-17)29(32,33)34)19-3-5-25(38-16-41)23(12-19)28(43)40-8-7-39(14-18(40)2)27(42)15-44-26-6-4-22(13-24(26)31)45-30(35,36)37/h3-6,9-13,16,18H,7-8,14-15H2,1-2H3,(H,38,41). The van der Waals surface area contributed by atoms with Crippen molar-refractivity contribution in [2.75, 3.05) is 31.6 Å². The Hall–Kier alpha value is -4.46. The van der Waals surface area contributed by atoms with Crippen LogP contribution in [0.25, 0.3) is 11.1 Å². The van der Waals surface area contributed by atoms with E-state index in [0.29, 0.717) is 17.5 Å². The number of carbonyl (C=O) groups is 3. The summed E-state index contributed by atoms with van der Waals surface area (Å²) in [5, 5.41) is 2.25. The summed E-state index contributed by atoms with van der Waals surface area (Å²) >= 11 is 5.97. The van der Waals surface area contributed by atoms with Gasteiger partial charge in [-0.3, -0.25) is 14.4 Å². The molecule has 0 saturated carbocycles. The molecular weight excluding hydrogens is 632 g/mol. The molecule has 3 aromatic carbocycles. The van der Waals surface area contributed by atoms with E-state index in [4.69, 9.17) is 16.3 Å². The number of piperazine rings is 1. The van der Waals surface area contributed by atoms with Crippen LogP contribution in [0.5, 0.6) is 11.5 Å². The number of hydrogen-bond acceptors (Lipinski definition) is 5. The average Bonchev–Trinajstić information content (AvgIpc) is 2.95. The molecule has 0 radical (unpaired) electrons. The molecule has 0 aliphatic carbocycles. The highest BCUT2D eigenvalue weighted by Crippen LogP contribution is 2.35. The number of hydrogen-bond donors (Lipinski definition) is 1. The maximum atomic E-state index is 13.7. The summed E-state index contributed by atoms with van der Waals surface area (Å²) in [5.74, 6) is -1.56. The second-order valence-electron chi connectivity index (χ2n) is 10.2. The van der Waals surface area contributed by atoms with Crippen LogP contribution in [0.15, 0.2) is 54.6 Å². The molecule has 3 amide bonds. The normalized spacial score (nSPS) is 15.4. The molecule has 1 unspecified atom stereocenters. The zero-order valence-corrected chi connectivity index (χ0v) is 24.5. The molecule has 3 aromatic rings. The number of ether oxygens (including phenoxy) is 2. The number of nitrogens with one attached hydrogen (secondary N) is 1. The van der Waals surface area contributed by atoms with E-state index >= 15 is 0 Å². The third-order valence-corrected chi connectivity index (χ3v) is 7.23. The molecule has 1 aliphatic heterocycles. The van der Waals surface area contributed by atoms with Crippen molar-refractivity contribution in [1.29, 1.82) is 0 Å². The van der Waals surface area contributed by atoms with Crippen molar-refractivity contribution in [3.63, 3.8) is 0 Å². The van der Waals surface area contributed by atoms with Gasteiger partial charge in [-0.25, -0.2) is 0 Å². The molecule has 1 aliphatic rings. The number of halogens is 7. The Balaban J connectivity index is 1.46. The van der Waals surface area contributed by atoms with Crippen LogP contribution < -0.4 is 14.8 Å². The first-order chi connectivity index (χ1) is 21.1. The van der Waals surface area contributed by atoms with Crippen LogP contribution in [0.2, 0.25) is 5.02 Å². The van der Waals surface area contributed by atoms with Gasteiger partial charge in [-0.05, 0) is 66.9 Å². The molecule has 1 atom stereocenters. The average molecular weight is 658 g/mol. The van der Waals surface area contributed by atoms with E-state index in [1.54, 1.807) is 13.0 Å². The number of benzene rings is 3. The van der Waals surface area contributed by atoms with Crippen LogP contribution in [0, 0.1) is 6.92 Å². The Bertz CT molecular complexity index is 1600. The van der Waals surface area contributed by atoms with Gasteiger partial charge in [0.25, 0.3) is 11.8 Å². The molecule has 1 heterocycles. The van der Waals surface area contributed by atoms with Gasteiger partial charge in [0.1, 0.15) is 11.5 Å². The topological polar surface area (TPSA) is 88.2 Å². The summed E-state index contributed by atoms with van der Waals surface area (Å²) in [6.45, 7) is 3.03. The minimum Gasteiger partial charge on any atom is -0.482 e. The van der Waals surface area contributed by atoms with Crippen molar-refractivity contribution in [2.45, 2.75) is 32.4 Å². The predicted octanol–water partition coefficient (Wildman–Crippen LogP) is 6.55. The van der Waals surface area contributed by atoms with Crippen LogP contribution in [-0.2, 0) is 15.8 Å². The number of anilines is 1. The maximum Gasteiger partial charge on any atom is 0.573 e. The highest BCUT2D eigenvalue weighted by Gasteiger charge is 2.34. The Kier molecular flexibility index (Phi) is 9.86. The Morgan fingerprint density at radius 3 is 2.36 bits per heavy atom. The van der Waals surface area contributed by atoms with Gasteiger partial charge in [0.2, 0.25) is 6.41 Å². The number of nitrogens with zero attached hydrogens (tertiary/aromatic N) is 2. The zero-order chi connectivity index (χ0) is 33.1. The summed E-state index contributed by atoms with van der Waals surface area (Å²) in [7, 11) is 0. The van der Waals surface area contributed by atoms with Gasteiger partial charge >= 0.3 is 12.5 Å². The highest BCUT2D eigenvalue weighted by molar-refractivity contribution is 6.32. The summed E-state index contributed by atoms with van der Waals surface area (Å²) in [5.41, 5.74) is 0.311. The molecule has 1 saturated heterocycles. The predicted molar refractivity (Wildman–Crippen MR) is 152 cm³/mol. The molecule has 4 rings (SSSR count). The SMILES string of the molecule is Cc1cc(-c2ccc(NC=O)c(C(=O)N3CCN(C(=O)COc4ccc(OC(F)(F)F)cc4Cl)CC3C)c2)cc(C(F)(F)F)c1. The largest absolute Gasteiger partial charge is 0.573 e. The van der Waals surface area contributed by atoms with Gasteiger partial charge in [0, 0.05) is 31.7 Å². The number of aryl methyl sites for hydroxylation is 1. The van der Waals surface area contributed by atoms with Crippen molar-refractivity contribution in [1.82, 2.24) is 9.80 Å². The van der Waals surface area contributed by atoms with E-state index in [1.165, 1.54) is 34.9 Å². The molecule has 45 heavy (non-hydrogen) atoms. The van der Waals surface area contributed by atoms with Gasteiger partial charge in [0.05, 0.1) is 21.8 Å². The summed E-state index contributed by atoms with van der Waals surface area (Å²) in [6.07, 6.45) is -9.10. The molecule has 0 spiro atoms. The smallest absolute Gasteiger partial charge is 0.482 e. The third-order valence-electron chi connectivity index (χ3n) is 6.93. The van der Waals surface area contributed by atoms with Crippen LogP contribution >= 0.6 is 11.6 Å². The summed E-state index contributed by atoms with van der Waals surface area (Å²) < 4.78 is 86.8. The fourth-order valence-corrected chi connectivity index (χ4v) is 5.10. The second kappa shape index (κ2) is 13.3. The lowest BCUT2D eigenvalue weighted by atomic mass is 9.97. The highest BCUT2D eigenvalue weighted by atomic mass is 35.5. The lowest BCUT2D eigenvalue weighted by molar-refractivity contribution is -0.274. The molecular formula is C30H26ClF6N3O5. The van der Waals surface area contributed by atoms with Crippen LogP contribution in [-0.4, -0.2) is 66.7 Å². The molecule has 0 aromatic heterocycles. The Labute approximate surface area is 258 Å². The van der Waals surface area contributed by atoms with Crippen molar-refractivity contribution >= 4 is 35.5 Å². The monoisotopic (exact) mass is 657 g/mol. The van der Waals surface area contributed by atoms with Gasteiger partial charge in [0.15, 0.2) is 6.61 Å². The fourth-order valence-electron chi connectivity index (χ4n) is 4.87. The van der Waals surface area contributed by atoms with E-state index in [1.807, 2.05) is 0 Å². The van der Waals surface area contributed by atoms with Crippen molar-refractivity contribution < 1.29 is 50.2 Å². The number of alkyl halides is 6. The minimum absolute atomic E-state index is 0.0348. The van der Waals surface area contributed by atoms with Gasteiger partial charge in [-0.2, -0.15) is 13.2 Å². The maximum absolute atomic E-state index is 13.7. The molecule has 15 heteroatoms. The van der Waals surface area contributed by atoms with Gasteiger partial charge in [-0.15, -0.1) is 13.2 Å². The van der Waals surface area contributed by atoms with Gasteiger partial charge in [-0.1, -0.05) is 23.7 Å². The fraction of sp³-hybridized carbons (Fsp3) is 0.300. The number of carbonyl (C=O) groups excluding carboxylic acids is 3. The first kappa shape index (κ1) is 33.4. The third kappa shape index (κ3) is 8.38. The van der Waals surface area contributed by atoms with Crippen molar-refractivity contribution in [3.8, 4) is 22.6 Å². The van der Waals surface area contributed by atoms with E-state index in [-0.39, 0.29) is 47.2 Å². The number of rotatable bonds is 8. The van der Waals surface area contributed by atoms with E-state index < -0.39 is 48.3 Å². The van der Waals surface area contributed by atoms with Crippen LogP contribution in [0.3, 0.4) is 0 Å². The summed E-state index contributed by atoms with van der Waals surface area (Å²) in [6, 6.07) is 10.4. The Morgan fingerprint density at radius 2 is 1.73 bits per heavy atom. The van der Waals surface area contributed by atoms with E-state index in [2.05, 4.69) is 10.1 Å². The van der Waals surface area contributed by atoms with Crippen molar-refractivity contribution in [2.24, 2.45) is 0 Å². The van der Waals surface area contributed by atoms with Gasteiger partial charge < -0.3 is 24.6 Å². The lowest BCUT2D eigenvalue weighted by Crippen LogP contribution is -2.56. The molecule has 0 bridgehead atoms. The van der Waals surface area contributed by atoms with Crippen LogP contribution in [0.1, 0.15) is 28.4 Å². The number of amides is 3.